The molecule has 0 atom stereocenters. The van der Waals surface area contributed by atoms with Gasteiger partial charge in [0, 0.05) is 16.3 Å². The first-order valence-electron chi connectivity index (χ1n) is 8.52. The maximum Gasteiger partial charge on any atom is 0.291 e. The van der Waals surface area contributed by atoms with E-state index in [9.17, 15) is 4.79 Å². The topological polar surface area (TPSA) is 42.2 Å². The van der Waals surface area contributed by atoms with E-state index in [2.05, 4.69) is 5.32 Å². The molecule has 0 aliphatic heterocycles. The van der Waals surface area contributed by atoms with Gasteiger partial charge in [-0.15, -0.1) is 0 Å². The Morgan fingerprint density at radius 2 is 1.44 bits per heavy atom. The molecule has 0 aliphatic rings. The zero-order valence-corrected chi connectivity index (χ0v) is 15.1. The molecule has 0 saturated carbocycles. The van der Waals surface area contributed by atoms with E-state index in [0.717, 1.165) is 16.7 Å². The number of hydrogen-bond donors (Lipinski definition) is 1. The number of furan rings is 1. The van der Waals surface area contributed by atoms with E-state index in [1.807, 2.05) is 66.7 Å². The number of benzene rings is 3. The lowest BCUT2D eigenvalue weighted by Crippen LogP contribution is -2.10. The standard InChI is InChI=1S/C23H16ClNO2/c24-19-8-4-7-18(15-19)21-13-14-22(27-21)23(26)25-20-11-9-17(10-12-20)16-5-2-1-3-6-16/h1-15H,(H,25,26). The lowest BCUT2D eigenvalue weighted by atomic mass is 10.1. The van der Waals surface area contributed by atoms with Crippen LogP contribution in [0.2, 0.25) is 5.02 Å². The molecule has 0 fully saturated rings. The molecule has 132 valence electrons. The summed E-state index contributed by atoms with van der Waals surface area (Å²) in [6, 6.07) is 28.5. The quantitative estimate of drug-likeness (QED) is 0.442. The lowest BCUT2D eigenvalue weighted by molar-refractivity contribution is 0.0997. The van der Waals surface area contributed by atoms with Crippen LogP contribution in [0.4, 0.5) is 5.69 Å². The summed E-state index contributed by atoms with van der Waals surface area (Å²) < 4.78 is 5.68. The molecular weight excluding hydrogens is 358 g/mol. The maximum absolute atomic E-state index is 12.4. The van der Waals surface area contributed by atoms with Crippen LogP contribution < -0.4 is 5.32 Å². The molecule has 0 aliphatic carbocycles. The molecule has 3 nitrogen and oxygen atoms in total. The highest BCUT2D eigenvalue weighted by molar-refractivity contribution is 6.30. The summed E-state index contributed by atoms with van der Waals surface area (Å²) in [5.74, 6) is 0.551. The van der Waals surface area contributed by atoms with Crippen molar-refractivity contribution < 1.29 is 9.21 Å². The molecule has 4 aromatic rings. The molecule has 4 heteroatoms. The maximum atomic E-state index is 12.4. The van der Waals surface area contributed by atoms with Gasteiger partial charge in [0.25, 0.3) is 5.91 Å². The first-order chi connectivity index (χ1) is 13.2. The van der Waals surface area contributed by atoms with Gasteiger partial charge in [-0.25, -0.2) is 0 Å². The van der Waals surface area contributed by atoms with Gasteiger partial charge in [-0.2, -0.15) is 0 Å². The van der Waals surface area contributed by atoms with Gasteiger partial charge in [-0.05, 0) is 47.5 Å². The molecule has 0 bridgehead atoms. The van der Waals surface area contributed by atoms with Crippen LogP contribution >= 0.6 is 11.6 Å². The minimum atomic E-state index is -0.296. The Kier molecular flexibility index (Phi) is 4.77. The van der Waals surface area contributed by atoms with Crippen LogP contribution in [-0.4, -0.2) is 5.91 Å². The first-order valence-corrected chi connectivity index (χ1v) is 8.89. The van der Waals surface area contributed by atoms with E-state index in [1.54, 1.807) is 24.3 Å². The molecule has 1 heterocycles. The van der Waals surface area contributed by atoms with E-state index in [1.165, 1.54) is 0 Å². The van der Waals surface area contributed by atoms with Crippen molar-refractivity contribution in [1.29, 1.82) is 0 Å². The molecule has 1 amide bonds. The number of carbonyl (C=O) groups is 1. The SMILES string of the molecule is O=C(Nc1ccc(-c2ccccc2)cc1)c1ccc(-c2cccc(Cl)c2)o1. The van der Waals surface area contributed by atoms with Crippen LogP contribution in [0.3, 0.4) is 0 Å². The molecule has 0 unspecified atom stereocenters. The number of nitrogens with one attached hydrogen (secondary N) is 1. The second kappa shape index (κ2) is 7.52. The van der Waals surface area contributed by atoms with Gasteiger partial charge in [-0.1, -0.05) is 66.2 Å². The van der Waals surface area contributed by atoms with Gasteiger partial charge in [0.05, 0.1) is 0 Å². The minimum absolute atomic E-state index is 0.247. The third-order valence-electron chi connectivity index (χ3n) is 4.19. The van der Waals surface area contributed by atoms with Gasteiger partial charge < -0.3 is 9.73 Å². The molecule has 0 spiro atoms. The molecule has 1 N–H and O–H groups in total. The van der Waals surface area contributed by atoms with Crippen LogP contribution in [0.15, 0.2) is 95.4 Å². The molecule has 1 aromatic heterocycles. The van der Waals surface area contributed by atoms with Gasteiger partial charge in [0.1, 0.15) is 5.76 Å². The number of amides is 1. The van der Waals surface area contributed by atoms with Crippen molar-refractivity contribution in [3.05, 3.63) is 102 Å². The fourth-order valence-corrected chi connectivity index (χ4v) is 3.02. The molecular formula is C23H16ClNO2. The van der Waals surface area contributed by atoms with Crippen LogP contribution in [-0.2, 0) is 0 Å². The summed E-state index contributed by atoms with van der Waals surface area (Å²) in [6.07, 6.45) is 0. The third kappa shape index (κ3) is 3.94. The average Bonchev–Trinajstić information content (AvgIpc) is 3.20. The Morgan fingerprint density at radius 1 is 0.741 bits per heavy atom. The lowest BCUT2D eigenvalue weighted by Gasteiger charge is -2.06. The zero-order valence-electron chi connectivity index (χ0n) is 14.4. The van der Waals surface area contributed by atoms with Crippen LogP contribution in [0.25, 0.3) is 22.5 Å². The Hall–Kier alpha value is -3.30. The van der Waals surface area contributed by atoms with E-state index in [4.69, 9.17) is 16.0 Å². The zero-order chi connectivity index (χ0) is 18.6. The van der Waals surface area contributed by atoms with Crippen molar-refractivity contribution in [2.24, 2.45) is 0 Å². The van der Waals surface area contributed by atoms with E-state index < -0.39 is 0 Å². The Morgan fingerprint density at radius 3 is 2.19 bits per heavy atom. The largest absolute Gasteiger partial charge is 0.451 e. The Bertz CT molecular complexity index is 1070. The van der Waals surface area contributed by atoms with Crippen molar-refractivity contribution in [2.45, 2.75) is 0 Å². The monoisotopic (exact) mass is 373 g/mol. The van der Waals surface area contributed by atoms with Crippen LogP contribution in [0.5, 0.6) is 0 Å². The van der Waals surface area contributed by atoms with Crippen LogP contribution in [0.1, 0.15) is 10.6 Å². The van der Waals surface area contributed by atoms with Gasteiger partial charge >= 0.3 is 0 Å². The highest BCUT2D eigenvalue weighted by Crippen LogP contribution is 2.26. The van der Waals surface area contributed by atoms with Crippen LogP contribution in [0, 0.1) is 0 Å². The highest BCUT2D eigenvalue weighted by atomic mass is 35.5. The van der Waals surface area contributed by atoms with Crippen molar-refractivity contribution in [1.82, 2.24) is 0 Å². The van der Waals surface area contributed by atoms with Crippen molar-refractivity contribution in [2.75, 3.05) is 5.32 Å². The first kappa shape index (κ1) is 17.1. The van der Waals surface area contributed by atoms with Gasteiger partial charge in [0.2, 0.25) is 0 Å². The predicted octanol–water partition coefficient (Wildman–Crippen LogP) is 6.52. The number of carbonyl (C=O) groups excluding carboxylic acids is 1. The molecule has 27 heavy (non-hydrogen) atoms. The van der Waals surface area contributed by atoms with E-state index in [0.29, 0.717) is 16.5 Å². The number of hydrogen-bond acceptors (Lipinski definition) is 2. The van der Waals surface area contributed by atoms with E-state index in [-0.39, 0.29) is 11.7 Å². The number of halogens is 1. The molecule has 4 rings (SSSR count). The van der Waals surface area contributed by atoms with Gasteiger partial charge in [0.15, 0.2) is 5.76 Å². The summed E-state index contributed by atoms with van der Waals surface area (Å²) in [7, 11) is 0. The van der Waals surface area contributed by atoms with E-state index >= 15 is 0 Å². The minimum Gasteiger partial charge on any atom is -0.451 e. The summed E-state index contributed by atoms with van der Waals surface area (Å²) in [5, 5.41) is 3.47. The van der Waals surface area contributed by atoms with Gasteiger partial charge in [-0.3, -0.25) is 4.79 Å². The number of anilines is 1. The molecule has 3 aromatic carbocycles. The van der Waals surface area contributed by atoms with Crippen molar-refractivity contribution >= 4 is 23.2 Å². The van der Waals surface area contributed by atoms with Crippen molar-refractivity contribution in [3.8, 4) is 22.5 Å². The predicted molar refractivity (Wildman–Crippen MR) is 109 cm³/mol. The fraction of sp³-hybridized carbons (Fsp3) is 0. The second-order valence-electron chi connectivity index (χ2n) is 6.07. The number of rotatable bonds is 4. The molecule has 0 saturated heterocycles. The summed E-state index contributed by atoms with van der Waals surface area (Å²) in [6.45, 7) is 0. The Balaban J connectivity index is 1.48. The summed E-state index contributed by atoms with van der Waals surface area (Å²) in [4.78, 5) is 12.4. The average molecular weight is 374 g/mol. The molecule has 0 radical (unpaired) electrons. The normalized spacial score (nSPS) is 10.6. The second-order valence-corrected chi connectivity index (χ2v) is 6.51. The Labute approximate surface area is 162 Å². The summed E-state index contributed by atoms with van der Waals surface area (Å²) >= 11 is 6.01. The fourth-order valence-electron chi connectivity index (χ4n) is 2.83. The smallest absolute Gasteiger partial charge is 0.291 e. The summed E-state index contributed by atoms with van der Waals surface area (Å²) in [5.41, 5.74) is 3.76. The highest BCUT2D eigenvalue weighted by Gasteiger charge is 2.13. The third-order valence-corrected chi connectivity index (χ3v) is 4.42. The van der Waals surface area contributed by atoms with Crippen molar-refractivity contribution in [3.63, 3.8) is 0 Å².